The fourth-order valence-corrected chi connectivity index (χ4v) is 4.08. The van der Waals surface area contributed by atoms with Crippen molar-refractivity contribution in [1.29, 1.82) is 0 Å². The molecule has 0 saturated heterocycles. The van der Waals surface area contributed by atoms with E-state index in [4.69, 9.17) is 0 Å². The Hall–Kier alpha value is -2.18. The van der Waals surface area contributed by atoms with Crippen molar-refractivity contribution >= 4 is 15.9 Å². The lowest BCUT2D eigenvalue weighted by atomic mass is 10.0. The van der Waals surface area contributed by atoms with Crippen molar-refractivity contribution < 1.29 is 13.2 Å². The van der Waals surface area contributed by atoms with E-state index in [2.05, 4.69) is 4.72 Å². The molecule has 1 amide bonds. The molecule has 3 rings (SSSR count). The first-order valence-corrected chi connectivity index (χ1v) is 10.2. The van der Waals surface area contributed by atoms with Gasteiger partial charge in [0, 0.05) is 18.7 Å². The van der Waals surface area contributed by atoms with Gasteiger partial charge in [0.05, 0.1) is 10.9 Å². The third-order valence-corrected chi connectivity index (χ3v) is 6.27. The van der Waals surface area contributed by atoms with Gasteiger partial charge < -0.3 is 4.90 Å². The van der Waals surface area contributed by atoms with Crippen LogP contribution in [-0.4, -0.2) is 32.3 Å². The van der Waals surface area contributed by atoms with Gasteiger partial charge in [0.25, 0.3) is 5.91 Å². The smallest absolute Gasteiger partial charge is 0.254 e. The van der Waals surface area contributed by atoms with E-state index < -0.39 is 10.0 Å². The zero-order chi connectivity index (χ0) is 18.9. The Morgan fingerprint density at radius 3 is 2.42 bits per heavy atom. The Bertz CT molecular complexity index is 903. The molecule has 1 aliphatic carbocycles. The average molecular weight is 372 g/mol. The van der Waals surface area contributed by atoms with Crippen LogP contribution >= 0.6 is 0 Å². The number of rotatable bonds is 6. The molecule has 1 N–H and O–H groups in total. The van der Waals surface area contributed by atoms with Crippen molar-refractivity contribution in [3.8, 4) is 0 Å². The molecule has 0 aliphatic heterocycles. The van der Waals surface area contributed by atoms with Crippen LogP contribution in [0.25, 0.3) is 0 Å². The molecule has 1 aliphatic rings. The maximum atomic E-state index is 12.9. The number of nitrogens with zero attached hydrogens (tertiary/aromatic N) is 1. The van der Waals surface area contributed by atoms with E-state index in [9.17, 15) is 13.2 Å². The molecule has 26 heavy (non-hydrogen) atoms. The molecule has 1 fully saturated rings. The lowest BCUT2D eigenvalue weighted by Gasteiger charge is -2.25. The number of nitrogens with one attached hydrogen (secondary N) is 1. The van der Waals surface area contributed by atoms with Gasteiger partial charge in [0.1, 0.15) is 0 Å². The van der Waals surface area contributed by atoms with Gasteiger partial charge in [-0.25, -0.2) is 13.1 Å². The summed E-state index contributed by atoms with van der Waals surface area (Å²) in [5, 5.41) is 0. The minimum absolute atomic E-state index is 0.0311. The van der Waals surface area contributed by atoms with E-state index in [0.29, 0.717) is 5.56 Å². The highest BCUT2D eigenvalue weighted by Crippen LogP contribution is 2.24. The van der Waals surface area contributed by atoms with E-state index in [1.165, 1.54) is 12.1 Å². The predicted octanol–water partition coefficient (Wildman–Crippen LogP) is 3.27. The van der Waals surface area contributed by atoms with Crippen molar-refractivity contribution in [1.82, 2.24) is 9.62 Å². The Labute approximate surface area is 155 Å². The summed E-state index contributed by atoms with van der Waals surface area (Å²) in [5.74, 6) is -0.207. The maximum Gasteiger partial charge on any atom is 0.254 e. The largest absolute Gasteiger partial charge is 0.335 e. The van der Waals surface area contributed by atoms with Crippen LogP contribution in [0.15, 0.2) is 53.4 Å². The number of benzene rings is 2. The number of carbonyl (C=O) groups excluding carboxylic acids is 1. The fourth-order valence-electron chi connectivity index (χ4n) is 2.73. The fraction of sp³-hybridized carbons (Fsp3) is 0.350. The lowest BCUT2D eigenvalue weighted by molar-refractivity contribution is 0.0742. The monoisotopic (exact) mass is 372 g/mol. The van der Waals surface area contributed by atoms with Crippen LogP contribution in [0.4, 0.5) is 0 Å². The van der Waals surface area contributed by atoms with Gasteiger partial charge in [-0.05, 0) is 50.5 Å². The molecule has 0 bridgehead atoms. The third kappa shape index (κ3) is 4.14. The highest BCUT2D eigenvalue weighted by Gasteiger charge is 2.28. The second kappa shape index (κ2) is 7.21. The maximum absolute atomic E-state index is 12.9. The second-order valence-corrected chi connectivity index (χ2v) is 8.64. The molecule has 1 unspecified atom stereocenters. The molecule has 0 spiro atoms. The molecule has 0 aromatic heterocycles. The van der Waals surface area contributed by atoms with Gasteiger partial charge in [-0.3, -0.25) is 4.79 Å². The van der Waals surface area contributed by atoms with Crippen molar-refractivity contribution in [3.05, 3.63) is 65.2 Å². The van der Waals surface area contributed by atoms with Crippen LogP contribution in [0, 0.1) is 6.92 Å². The Morgan fingerprint density at radius 1 is 1.15 bits per heavy atom. The second-order valence-electron chi connectivity index (χ2n) is 6.93. The van der Waals surface area contributed by atoms with Gasteiger partial charge in [0.15, 0.2) is 0 Å². The molecular weight excluding hydrogens is 348 g/mol. The number of hydrogen-bond donors (Lipinski definition) is 1. The van der Waals surface area contributed by atoms with Gasteiger partial charge >= 0.3 is 0 Å². The quantitative estimate of drug-likeness (QED) is 0.846. The molecule has 2 aromatic rings. The molecule has 6 heteroatoms. The molecule has 138 valence electrons. The Balaban J connectivity index is 1.80. The van der Waals surface area contributed by atoms with Crippen LogP contribution in [0.1, 0.15) is 47.3 Å². The van der Waals surface area contributed by atoms with E-state index in [0.717, 1.165) is 24.0 Å². The van der Waals surface area contributed by atoms with Gasteiger partial charge in [0.2, 0.25) is 10.0 Å². The van der Waals surface area contributed by atoms with Gasteiger partial charge in [-0.1, -0.05) is 35.9 Å². The lowest BCUT2D eigenvalue weighted by Crippen LogP contribution is -2.30. The number of sulfonamides is 1. The SMILES string of the molecule is Cc1ccc(C(C)N(C)C(=O)c2cccc(S(=O)(=O)NC3CC3)c2)cc1. The van der Waals surface area contributed by atoms with Crippen molar-refractivity contribution in [3.63, 3.8) is 0 Å². The highest BCUT2D eigenvalue weighted by molar-refractivity contribution is 7.89. The van der Waals surface area contributed by atoms with Crippen molar-refractivity contribution in [2.45, 2.75) is 43.7 Å². The molecule has 2 aromatic carbocycles. The van der Waals surface area contributed by atoms with Crippen molar-refractivity contribution in [2.75, 3.05) is 7.05 Å². The normalized spacial score (nSPS) is 15.5. The summed E-state index contributed by atoms with van der Waals surface area (Å²) in [4.78, 5) is 14.6. The number of carbonyl (C=O) groups is 1. The minimum Gasteiger partial charge on any atom is -0.335 e. The third-order valence-electron chi connectivity index (χ3n) is 4.75. The molecule has 1 saturated carbocycles. The summed E-state index contributed by atoms with van der Waals surface area (Å²) < 4.78 is 27.4. The molecule has 0 radical (unpaired) electrons. The first kappa shape index (κ1) is 18.6. The van der Waals surface area contributed by atoms with Gasteiger partial charge in [-0.15, -0.1) is 0 Å². The zero-order valence-corrected chi connectivity index (χ0v) is 16.1. The van der Waals surface area contributed by atoms with E-state index in [1.54, 1.807) is 24.1 Å². The number of hydrogen-bond acceptors (Lipinski definition) is 3. The van der Waals surface area contributed by atoms with E-state index in [-0.39, 0.29) is 22.9 Å². The van der Waals surface area contributed by atoms with Crippen molar-refractivity contribution in [2.24, 2.45) is 0 Å². The number of aryl methyl sites for hydroxylation is 1. The van der Waals surface area contributed by atoms with Crippen LogP contribution < -0.4 is 4.72 Å². The zero-order valence-electron chi connectivity index (χ0n) is 15.3. The molecule has 1 atom stereocenters. The van der Waals surface area contributed by atoms with Crippen LogP contribution in [0.2, 0.25) is 0 Å². The average Bonchev–Trinajstić information content (AvgIpc) is 3.44. The first-order chi connectivity index (χ1) is 12.3. The summed E-state index contributed by atoms with van der Waals surface area (Å²) in [6, 6.07) is 14.2. The first-order valence-electron chi connectivity index (χ1n) is 8.74. The standard InChI is InChI=1S/C20H24N2O3S/c1-14-7-9-16(10-8-14)15(2)22(3)20(23)17-5-4-6-19(13-17)26(24,25)21-18-11-12-18/h4-10,13,15,18,21H,11-12H2,1-3H3. The van der Waals surface area contributed by atoms with Crippen LogP contribution in [0.3, 0.4) is 0 Å². The van der Waals surface area contributed by atoms with Gasteiger partial charge in [-0.2, -0.15) is 0 Å². The number of amides is 1. The summed E-state index contributed by atoms with van der Waals surface area (Å²) in [6.45, 7) is 3.97. The highest BCUT2D eigenvalue weighted by atomic mass is 32.2. The molecule has 0 heterocycles. The van der Waals surface area contributed by atoms with E-state index >= 15 is 0 Å². The summed E-state index contributed by atoms with van der Waals surface area (Å²) in [5.41, 5.74) is 2.56. The Morgan fingerprint density at radius 2 is 1.81 bits per heavy atom. The molecule has 5 nitrogen and oxygen atoms in total. The summed E-state index contributed by atoms with van der Waals surface area (Å²) in [6.07, 6.45) is 1.74. The minimum atomic E-state index is -3.58. The summed E-state index contributed by atoms with van der Waals surface area (Å²) in [7, 11) is -1.84. The Kier molecular flexibility index (Phi) is 5.16. The van der Waals surface area contributed by atoms with Crippen LogP contribution in [-0.2, 0) is 10.0 Å². The predicted molar refractivity (Wildman–Crippen MR) is 101 cm³/mol. The topological polar surface area (TPSA) is 66.5 Å². The van der Waals surface area contributed by atoms with Crippen LogP contribution in [0.5, 0.6) is 0 Å². The summed E-state index contributed by atoms with van der Waals surface area (Å²) >= 11 is 0. The van der Waals surface area contributed by atoms with E-state index in [1.807, 2.05) is 38.1 Å². The molecular formula is C20H24N2O3S.